The number of carbonyl (C=O) groups is 2. The van der Waals surface area contributed by atoms with Crippen LogP contribution >= 0.6 is 0 Å². The van der Waals surface area contributed by atoms with Gasteiger partial charge in [-0.25, -0.2) is 0 Å². The topological polar surface area (TPSA) is 54.4 Å². The largest absolute Gasteiger partial charge is 0.385 e. The average molecular weight is 316 g/mol. The molecule has 1 N–H and O–H groups in total. The number of hydrogen-bond acceptors (Lipinski definition) is 3. The first-order chi connectivity index (χ1) is 10.6. The van der Waals surface area contributed by atoms with Crippen LogP contribution in [0, 0.1) is 33.5 Å². The molecular formula is C20H28O3. The van der Waals surface area contributed by atoms with E-state index in [9.17, 15) is 14.7 Å². The number of aliphatic hydroxyl groups excluding tert-OH is 1. The normalized spacial score (nSPS) is 53.9. The minimum Gasteiger partial charge on any atom is -0.385 e. The summed E-state index contributed by atoms with van der Waals surface area (Å²) < 4.78 is 0. The molecule has 0 unspecified atom stereocenters. The molecule has 0 aliphatic heterocycles. The van der Waals surface area contributed by atoms with Crippen molar-refractivity contribution < 1.29 is 14.7 Å². The predicted molar refractivity (Wildman–Crippen MR) is 87.7 cm³/mol. The highest BCUT2D eigenvalue weighted by Gasteiger charge is 2.67. The van der Waals surface area contributed by atoms with Gasteiger partial charge in [-0.05, 0) is 48.9 Å². The van der Waals surface area contributed by atoms with Crippen molar-refractivity contribution in [3.63, 3.8) is 0 Å². The number of hydrogen-bond donors (Lipinski definition) is 1. The van der Waals surface area contributed by atoms with Crippen molar-refractivity contribution in [2.24, 2.45) is 33.5 Å². The van der Waals surface area contributed by atoms with Crippen LogP contribution in [-0.4, -0.2) is 22.8 Å². The first-order valence-corrected chi connectivity index (χ1v) is 9.00. The average Bonchev–Trinajstić information content (AvgIpc) is 2.75. The Morgan fingerprint density at radius 3 is 2.48 bits per heavy atom. The quantitative estimate of drug-likeness (QED) is 0.698. The van der Waals surface area contributed by atoms with Crippen molar-refractivity contribution in [2.75, 3.05) is 0 Å². The first kappa shape index (κ1) is 15.6. The maximum absolute atomic E-state index is 12.8. The van der Waals surface area contributed by atoms with E-state index in [-0.39, 0.29) is 27.9 Å². The van der Waals surface area contributed by atoms with Crippen LogP contribution in [0.5, 0.6) is 0 Å². The van der Waals surface area contributed by atoms with E-state index in [1.165, 1.54) is 0 Å². The molecule has 4 rings (SSSR count). The van der Waals surface area contributed by atoms with Crippen molar-refractivity contribution in [3.8, 4) is 0 Å². The zero-order chi connectivity index (χ0) is 16.8. The molecule has 0 aromatic carbocycles. The summed E-state index contributed by atoms with van der Waals surface area (Å²) in [6.45, 7) is 8.37. The molecule has 3 nitrogen and oxygen atoms in total. The molecule has 1 spiro atoms. The fourth-order valence-electron chi connectivity index (χ4n) is 6.97. The Bertz CT molecular complexity index is 633. The highest BCUT2D eigenvalue weighted by Crippen LogP contribution is 2.70. The second-order valence-corrected chi connectivity index (χ2v) is 9.80. The summed E-state index contributed by atoms with van der Waals surface area (Å²) in [5.41, 5.74) is -0.776. The van der Waals surface area contributed by atoms with Crippen LogP contribution in [0.25, 0.3) is 0 Å². The minimum atomic E-state index is -0.863. The van der Waals surface area contributed by atoms with Gasteiger partial charge < -0.3 is 5.11 Å². The molecule has 0 aromatic rings. The van der Waals surface area contributed by atoms with Gasteiger partial charge in [-0.1, -0.05) is 32.9 Å². The first-order valence-electron chi connectivity index (χ1n) is 9.00. The summed E-state index contributed by atoms with van der Waals surface area (Å²) in [7, 11) is 0. The SMILES string of the molecule is CC1(C)[C@H]2CC[C@@]34C=C[C@](C)(C3)C(=O)C[C@@H]4[C@]2(C)CC(=O)[C@@H]1O. The van der Waals surface area contributed by atoms with Crippen LogP contribution in [0.4, 0.5) is 0 Å². The summed E-state index contributed by atoms with van der Waals surface area (Å²) in [5, 5.41) is 10.4. The van der Waals surface area contributed by atoms with Gasteiger partial charge in [0.2, 0.25) is 0 Å². The lowest BCUT2D eigenvalue weighted by atomic mass is 9.40. The number of carbonyl (C=O) groups excluding carboxylic acids is 2. The number of rotatable bonds is 0. The number of fused-ring (bicyclic) bond motifs is 3. The summed E-state index contributed by atoms with van der Waals surface area (Å²) in [5.74, 6) is 0.840. The highest BCUT2D eigenvalue weighted by molar-refractivity contribution is 5.90. The van der Waals surface area contributed by atoms with Crippen LogP contribution in [0.15, 0.2) is 12.2 Å². The lowest BCUT2D eigenvalue weighted by molar-refractivity contribution is -0.185. The van der Waals surface area contributed by atoms with E-state index in [4.69, 9.17) is 0 Å². The molecule has 0 aromatic heterocycles. The van der Waals surface area contributed by atoms with Gasteiger partial charge in [-0.15, -0.1) is 0 Å². The summed E-state index contributed by atoms with van der Waals surface area (Å²) in [4.78, 5) is 25.3. The summed E-state index contributed by atoms with van der Waals surface area (Å²) >= 11 is 0. The van der Waals surface area contributed by atoms with Gasteiger partial charge in [0.05, 0.1) is 0 Å². The van der Waals surface area contributed by atoms with E-state index in [0.717, 1.165) is 19.3 Å². The second kappa shape index (κ2) is 4.17. The molecule has 0 heterocycles. The Morgan fingerprint density at radius 1 is 1.09 bits per heavy atom. The van der Waals surface area contributed by atoms with Crippen LogP contribution in [0.2, 0.25) is 0 Å². The third-order valence-corrected chi connectivity index (χ3v) is 8.15. The molecule has 0 radical (unpaired) electrons. The van der Waals surface area contributed by atoms with E-state index < -0.39 is 11.5 Å². The van der Waals surface area contributed by atoms with Gasteiger partial charge in [-0.3, -0.25) is 9.59 Å². The molecule has 4 aliphatic rings. The van der Waals surface area contributed by atoms with E-state index in [0.29, 0.717) is 24.5 Å². The standard InChI is InChI=1S/C20H28O3/c1-17(2)13-5-6-20-8-7-18(3,11-20)15(22)9-14(20)19(13,4)10-12(21)16(17)23/h7-8,13-14,16,23H,5-6,9-11H2,1-4H3/t13-,14-,16+,18-,19-,20-/m1/s1. The summed E-state index contributed by atoms with van der Waals surface area (Å²) in [6.07, 6.45) is 7.65. The predicted octanol–water partition coefficient (Wildman–Crippen LogP) is 3.30. The van der Waals surface area contributed by atoms with Gasteiger partial charge in [0.1, 0.15) is 11.9 Å². The van der Waals surface area contributed by atoms with Crippen molar-refractivity contribution in [2.45, 2.75) is 65.9 Å². The third kappa shape index (κ3) is 1.70. The maximum atomic E-state index is 12.8. The molecule has 23 heavy (non-hydrogen) atoms. The molecule has 0 amide bonds. The molecule has 3 heteroatoms. The van der Waals surface area contributed by atoms with Crippen molar-refractivity contribution in [3.05, 3.63) is 12.2 Å². The van der Waals surface area contributed by atoms with E-state index in [1.54, 1.807) is 0 Å². The number of ketones is 2. The van der Waals surface area contributed by atoms with E-state index >= 15 is 0 Å². The van der Waals surface area contributed by atoms with Gasteiger partial charge in [0, 0.05) is 23.7 Å². The van der Waals surface area contributed by atoms with E-state index in [2.05, 4.69) is 26.0 Å². The molecule has 2 bridgehead atoms. The Kier molecular flexibility index (Phi) is 2.82. The number of Topliss-reactive ketones (excluding diaryl/α,β-unsaturated/α-hetero) is 2. The summed E-state index contributed by atoms with van der Waals surface area (Å²) in [6, 6.07) is 0. The third-order valence-electron chi connectivity index (χ3n) is 8.15. The number of allylic oxidation sites excluding steroid dienone is 2. The molecule has 4 aliphatic carbocycles. The molecule has 0 saturated heterocycles. The van der Waals surface area contributed by atoms with E-state index in [1.807, 2.05) is 13.8 Å². The van der Waals surface area contributed by atoms with Crippen LogP contribution in [0.1, 0.15) is 59.8 Å². The van der Waals surface area contributed by atoms with Gasteiger partial charge >= 0.3 is 0 Å². The monoisotopic (exact) mass is 316 g/mol. The minimum absolute atomic E-state index is 0.0337. The van der Waals surface area contributed by atoms with Crippen molar-refractivity contribution >= 4 is 11.6 Å². The molecule has 3 fully saturated rings. The maximum Gasteiger partial charge on any atom is 0.162 e. The Hall–Kier alpha value is -0.960. The molecule has 6 atom stereocenters. The Morgan fingerprint density at radius 2 is 1.78 bits per heavy atom. The fourth-order valence-corrected chi connectivity index (χ4v) is 6.97. The Labute approximate surface area is 138 Å². The lowest BCUT2D eigenvalue weighted by Gasteiger charge is -2.64. The lowest BCUT2D eigenvalue weighted by Crippen LogP contribution is -2.63. The second-order valence-electron chi connectivity index (χ2n) is 9.80. The smallest absolute Gasteiger partial charge is 0.162 e. The zero-order valence-corrected chi connectivity index (χ0v) is 14.7. The fraction of sp³-hybridized carbons (Fsp3) is 0.800. The van der Waals surface area contributed by atoms with Crippen LogP contribution in [0.3, 0.4) is 0 Å². The molecule has 126 valence electrons. The van der Waals surface area contributed by atoms with Crippen molar-refractivity contribution in [1.29, 1.82) is 0 Å². The zero-order valence-electron chi connectivity index (χ0n) is 14.7. The number of aliphatic hydroxyl groups is 1. The van der Waals surface area contributed by atoms with Crippen molar-refractivity contribution in [1.82, 2.24) is 0 Å². The molecule has 3 saturated carbocycles. The van der Waals surface area contributed by atoms with Gasteiger partial charge in [0.25, 0.3) is 0 Å². The van der Waals surface area contributed by atoms with Crippen LogP contribution < -0.4 is 0 Å². The van der Waals surface area contributed by atoms with Gasteiger partial charge in [0.15, 0.2) is 5.78 Å². The van der Waals surface area contributed by atoms with Gasteiger partial charge in [-0.2, -0.15) is 0 Å². The Balaban J connectivity index is 1.81. The highest BCUT2D eigenvalue weighted by atomic mass is 16.3. The molecular weight excluding hydrogens is 288 g/mol. The van der Waals surface area contributed by atoms with Crippen LogP contribution in [-0.2, 0) is 9.59 Å².